The maximum Gasteiger partial charge on any atom is 0.407 e. The van der Waals surface area contributed by atoms with Crippen LogP contribution in [0.4, 0.5) is 4.79 Å². The average molecular weight is 456 g/mol. The van der Waals surface area contributed by atoms with E-state index in [1.165, 1.54) is 0 Å². The molecule has 9 heteroatoms. The Kier molecular flexibility index (Phi) is 7.35. The van der Waals surface area contributed by atoms with Gasteiger partial charge in [0, 0.05) is 12.5 Å². The van der Waals surface area contributed by atoms with Gasteiger partial charge < -0.3 is 30.5 Å². The minimum Gasteiger partial charge on any atom is -0.479 e. The number of likely N-dealkylation sites (N-methyl/N-ethyl adjacent to an activating group) is 1. The average Bonchev–Trinajstić information content (AvgIpc) is 3.09. The van der Waals surface area contributed by atoms with Gasteiger partial charge in [-0.2, -0.15) is 0 Å². The van der Waals surface area contributed by atoms with Crippen LogP contribution in [0.5, 0.6) is 0 Å². The fraction of sp³-hybridized carbons (Fsp3) is 0.375. The molecule has 0 saturated heterocycles. The summed E-state index contributed by atoms with van der Waals surface area (Å²) in [7, 11) is 3.46. The van der Waals surface area contributed by atoms with Crippen molar-refractivity contribution >= 4 is 18.0 Å². The van der Waals surface area contributed by atoms with E-state index in [9.17, 15) is 19.5 Å². The quantitative estimate of drug-likeness (QED) is 0.450. The third kappa shape index (κ3) is 5.68. The van der Waals surface area contributed by atoms with E-state index in [4.69, 9.17) is 9.84 Å². The number of aliphatic carboxylic acids is 1. The molecule has 176 valence electrons. The van der Waals surface area contributed by atoms with Gasteiger partial charge >= 0.3 is 12.1 Å². The lowest BCUT2D eigenvalue weighted by Crippen LogP contribution is -2.55. The van der Waals surface area contributed by atoms with Crippen molar-refractivity contribution < 1.29 is 29.3 Å². The molecule has 0 radical (unpaired) electrons. The number of rotatable bonds is 9. The second kappa shape index (κ2) is 10.0. The van der Waals surface area contributed by atoms with Crippen molar-refractivity contribution in [1.82, 2.24) is 15.5 Å². The predicted molar refractivity (Wildman–Crippen MR) is 122 cm³/mol. The van der Waals surface area contributed by atoms with E-state index in [0.29, 0.717) is 0 Å². The minimum atomic E-state index is -2.12. The Morgan fingerprint density at radius 1 is 1.06 bits per heavy atom. The first-order valence-electron chi connectivity index (χ1n) is 10.6. The highest BCUT2D eigenvalue weighted by atomic mass is 16.5. The van der Waals surface area contributed by atoms with Crippen molar-refractivity contribution in [3.8, 4) is 11.1 Å². The summed E-state index contributed by atoms with van der Waals surface area (Å²) in [6, 6.07) is 14.9. The number of nitrogens with one attached hydrogen (secondary N) is 2. The molecule has 33 heavy (non-hydrogen) atoms. The number of hydrogen-bond donors (Lipinski definition) is 4. The number of aliphatic hydroxyl groups is 1. The highest BCUT2D eigenvalue weighted by molar-refractivity contribution is 5.87. The molecule has 2 aromatic rings. The Morgan fingerprint density at radius 2 is 1.61 bits per heavy atom. The predicted octanol–water partition coefficient (Wildman–Crippen LogP) is 1.41. The summed E-state index contributed by atoms with van der Waals surface area (Å²) in [5.41, 5.74) is 2.24. The lowest BCUT2D eigenvalue weighted by molar-refractivity contribution is -0.156. The van der Waals surface area contributed by atoms with Crippen LogP contribution in [0.15, 0.2) is 48.5 Å². The highest BCUT2D eigenvalue weighted by Crippen LogP contribution is 2.44. The number of alkyl carbamates (subject to hydrolysis) is 1. The molecule has 4 N–H and O–H groups in total. The van der Waals surface area contributed by atoms with Crippen molar-refractivity contribution in [2.45, 2.75) is 24.5 Å². The molecule has 0 bridgehead atoms. The molecule has 0 aromatic heterocycles. The van der Waals surface area contributed by atoms with Crippen molar-refractivity contribution in [3.05, 3.63) is 59.7 Å². The van der Waals surface area contributed by atoms with Crippen LogP contribution >= 0.6 is 0 Å². The summed E-state index contributed by atoms with van der Waals surface area (Å²) < 4.78 is 5.49. The van der Waals surface area contributed by atoms with Gasteiger partial charge in [-0.15, -0.1) is 0 Å². The fourth-order valence-corrected chi connectivity index (χ4v) is 3.80. The lowest BCUT2D eigenvalue weighted by Gasteiger charge is -2.24. The molecule has 1 aliphatic rings. The number of carbonyl (C=O) groups excluding carboxylic acids is 2. The summed E-state index contributed by atoms with van der Waals surface area (Å²) in [5, 5.41) is 23.7. The maximum atomic E-state index is 12.6. The topological polar surface area (TPSA) is 128 Å². The van der Waals surface area contributed by atoms with Crippen LogP contribution in [0.1, 0.15) is 24.0 Å². The molecule has 0 spiro atoms. The van der Waals surface area contributed by atoms with E-state index < -0.39 is 36.2 Å². The summed E-state index contributed by atoms with van der Waals surface area (Å²) in [6.45, 7) is 0.835. The maximum absolute atomic E-state index is 12.6. The number of fused-ring (bicyclic) bond motifs is 3. The molecule has 2 amide bonds. The molecule has 0 aliphatic heterocycles. The fourth-order valence-electron chi connectivity index (χ4n) is 3.80. The molecule has 9 nitrogen and oxygen atoms in total. The van der Waals surface area contributed by atoms with Gasteiger partial charge in [-0.1, -0.05) is 48.5 Å². The van der Waals surface area contributed by atoms with Gasteiger partial charge in [-0.25, -0.2) is 9.59 Å². The van der Waals surface area contributed by atoms with E-state index in [0.717, 1.165) is 29.2 Å². The molecular formula is C24H29N3O6. The van der Waals surface area contributed by atoms with E-state index in [-0.39, 0.29) is 19.1 Å². The number of carbonyl (C=O) groups is 3. The van der Waals surface area contributed by atoms with E-state index >= 15 is 0 Å². The van der Waals surface area contributed by atoms with Gasteiger partial charge in [-0.3, -0.25) is 4.79 Å². The van der Waals surface area contributed by atoms with Gasteiger partial charge in [0.2, 0.25) is 5.91 Å². The molecule has 2 aromatic carbocycles. The molecular weight excluding hydrogens is 426 g/mol. The van der Waals surface area contributed by atoms with Crippen LogP contribution in [0, 0.1) is 0 Å². The van der Waals surface area contributed by atoms with Gasteiger partial charge in [-0.05, 0) is 43.3 Å². The molecule has 0 fully saturated rings. The first kappa shape index (κ1) is 24.2. The normalized spacial score (nSPS) is 15.2. The van der Waals surface area contributed by atoms with Gasteiger partial charge in [0.25, 0.3) is 0 Å². The summed E-state index contributed by atoms with van der Waals surface area (Å²) >= 11 is 0. The van der Waals surface area contributed by atoms with Gasteiger partial charge in [0.05, 0.1) is 6.54 Å². The lowest BCUT2D eigenvalue weighted by atomic mass is 9.98. The third-order valence-corrected chi connectivity index (χ3v) is 5.57. The first-order valence-corrected chi connectivity index (χ1v) is 10.6. The Hall–Kier alpha value is -3.43. The Labute approximate surface area is 192 Å². The number of amides is 2. The van der Waals surface area contributed by atoms with Crippen LogP contribution in [-0.2, 0) is 14.3 Å². The number of benzene rings is 2. The minimum absolute atomic E-state index is 0.101. The smallest absolute Gasteiger partial charge is 0.407 e. The van der Waals surface area contributed by atoms with Gasteiger partial charge in [0.15, 0.2) is 5.60 Å². The zero-order chi connectivity index (χ0) is 24.2. The highest BCUT2D eigenvalue weighted by Gasteiger charge is 2.33. The molecule has 1 aliphatic carbocycles. The van der Waals surface area contributed by atoms with Crippen LogP contribution in [0.25, 0.3) is 11.1 Å². The third-order valence-electron chi connectivity index (χ3n) is 5.57. The van der Waals surface area contributed by atoms with Crippen LogP contribution < -0.4 is 10.6 Å². The van der Waals surface area contributed by atoms with Crippen LogP contribution in [-0.4, -0.2) is 78.5 Å². The second-order valence-electron chi connectivity index (χ2n) is 8.58. The van der Waals surface area contributed by atoms with Crippen molar-refractivity contribution in [3.63, 3.8) is 0 Å². The summed E-state index contributed by atoms with van der Waals surface area (Å²) in [5.74, 6) is -2.20. The standard InChI is InChI=1S/C24H29N3O6/c1-24(32,22(29)30)14-25-21(28)20(12-27(2)3)26-23(31)33-13-19-17-10-6-4-8-15(17)16-9-5-7-11-18(16)19/h4-11,19-20,32H,12-14H2,1-3H3,(H,25,28)(H,26,31)(H,29,30)/t20-,24?/m0/s1. The number of nitrogens with zero attached hydrogens (tertiary/aromatic N) is 1. The second-order valence-corrected chi connectivity index (χ2v) is 8.58. The summed E-state index contributed by atoms with van der Waals surface area (Å²) in [6.07, 6.45) is -0.760. The molecule has 0 saturated carbocycles. The Bertz CT molecular complexity index is 991. The first-order chi connectivity index (χ1) is 15.6. The molecule has 3 rings (SSSR count). The largest absolute Gasteiger partial charge is 0.479 e. The molecule has 2 atom stereocenters. The van der Waals surface area contributed by atoms with Gasteiger partial charge in [0.1, 0.15) is 12.6 Å². The van der Waals surface area contributed by atoms with Crippen molar-refractivity contribution in [2.24, 2.45) is 0 Å². The number of carboxylic acids is 1. The van der Waals surface area contributed by atoms with E-state index in [2.05, 4.69) is 10.6 Å². The Morgan fingerprint density at radius 3 is 2.12 bits per heavy atom. The number of hydrogen-bond acceptors (Lipinski definition) is 6. The van der Waals surface area contributed by atoms with E-state index in [1.807, 2.05) is 48.5 Å². The zero-order valence-corrected chi connectivity index (χ0v) is 18.9. The SMILES string of the molecule is CN(C)C[C@H](NC(=O)OCC1c2ccccc2-c2ccccc21)C(=O)NCC(C)(O)C(=O)O. The molecule has 0 heterocycles. The van der Waals surface area contributed by atoms with Crippen LogP contribution in [0.3, 0.4) is 0 Å². The number of carboxylic acid groups (broad SMARTS) is 1. The van der Waals surface area contributed by atoms with Crippen molar-refractivity contribution in [1.29, 1.82) is 0 Å². The molecule has 1 unspecified atom stereocenters. The van der Waals surface area contributed by atoms with Crippen molar-refractivity contribution in [2.75, 3.05) is 33.8 Å². The summed E-state index contributed by atoms with van der Waals surface area (Å²) in [4.78, 5) is 37.9. The number of ether oxygens (including phenoxy) is 1. The zero-order valence-electron chi connectivity index (χ0n) is 18.9. The van der Waals surface area contributed by atoms with Crippen LogP contribution in [0.2, 0.25) is 0 Å². The Balaban J connectivity index is 1.64. The van der Waals surface area contributed by atoms with E-state index in [1.54, 1.807) is 19.0 Å². The monoisotopic (exact) mass is 455 g/mol.